The third-order valence-electron chi connectivity index (χ3n) is 6.43. The molecule has 166 valence electrons. The number of nitrogens with zero attached hydrogens (tertiary/aromatic N) is 1. The zero-order valence-electron chi connectivity index (χ0n) is 18.1. The van der Waals surface area contributed by atoms with Crippen molar-refractivity contribution in [3.8, 4) is 0 Å². The number of benzene rings is 1. The lowest BCUT2D eigenvalue weighted by molar-refractivity contribution is -0.0807. The van der Waals surface area contributed by atoms with Gasteiger partial charge in [0.25, 0.3) is 20.2 Å². The van der Waals surface area contributed by atoms with Gasteiger partial charge in [-0.05, 0) is 59.2 Å². The molecule has 7 nitrogen and oxygen atoms in total. The van der Waals surface area contributed by atoms with E-state index >= 15 is 0 Å². The summed E-state index contributed by atoms with van der Waals surface area (Å²) >= 11 is 0. The molecule has 2 rings (SSSR count). The summed E-state index contributed by atoms with van der Waals surface area (Å²) in [6, 6.07) is 10.2. The Kier molecular flexibility index (Phi) is 7.22. The average Bonchev–Trinajstić information content (AvgIpc) is 2.59. The lowest BCUT2D eigenvalue weighted by atomic mass is 9.60. The van der Waals surface area contributed by atoms with E-state index in [9.17, 15) is 16.8 Å². The van der Waals surface area contributed by atoms with Gasteiger partial charge in [0.1, 0.15) is 0 Å². The predicted molar refractivity (Wildman–Crippen MR) is 113 cm³/mol. The van der Waals surface area contributed by atoms with Crippen molar-refractivity contribution in [2.75, 3.05) is 26.6 Å². The van der Waals surface area contributed by atoms with Crippen LogP contribution >= 0.6 is 0 Å². The summed E-state index contributed by atoms with van der Waals surface area (Å²) in [7, 11) is -3.33. The molecule has 0 aliphatic heterocycles. The van der Waals surface area contributed by atoms with Crippen LogP contribution in [0.3, 0.4) is 0 Å². The summed E-state index contributed by atoms with van der Waals surface area (Å²) < 4.78 is 57.9. The maximum absolute atomic E-state index is 11.8. The van der Waals surface area contributed by atoms with Crippen molar-refractivity contribution in [2.24, 2.45) is 5.41 Å². The highest BCUT2D eigenvalue weighted by Crippen LogP contribution is 2.52. The fourth-order valence-electron chi connectivity index (χ4n) is 4.73. The molecular formula is C20H33NO6S2. The van der Waals surface area contributed by atoms with E-state index in [2.05, 4.69) is 17.0 Å². The van der Waals surface area contributed by atoms with E-state index in [0.29, 0.717) is 12.8 Å². The zero-order valence-corrected chi connectivity index (χ0v) is 19.7. The lowest BCUT2D eigenvalue weighted by Gasteiger charge is -2.53. The van der Waals surface area contributed by atoms with Crippen LogP contribution < -0.4 is 0 Å². The standard InChI is InChI=1S/C20H33NO6S2/c1-16(26-28(5,22)23)19(17(2)27-29(6,24)25)12-14-20(15-13-19,21(3)4)18-10-8-7-9-11-18/h7-11,16-17H,12-15H2,1-6H3. The average molecular weight is 448 g/mol. The van der Waals surface area contributed by atoms with Crippen molar-refractivity contribution in [3.05, 3.63) is 35.9 Å². The minimum Gasteiger partial charge on any atom is -0.300 e. The molecule has 0 saturated heterocycles. The van der Waals surface area contributed by atoms with Gasteiger partial charge in [-0.25, -0.2) is 0 Å². The van der Waals surface area contributed by atoms with E-state index in [0.717, 1.165) is 25.4 Å². The first-order valence-corrected chi connectivity index (χ1v) is 13.3. The SMILES string of the molecule is CC(OS(C)(=O)=O)C1(C(C)OS(C)(=O)=O)CCC(c2ccccc2)(N(C)C)CC1. The lowest BCUT2D eigenvalue weighted by Crippen LogP contribution is -2.54. The first kappa shape index (κ1) is 24.3. The van der Waals surface area contributed by atoms with Gasteiger partial charge < -0.3 is 0 Å². The number of hydrogen-bond donors (Lipinski definition) is 0. The summed E-state index contributed by atoms with van der Waals surface area (Å²) in [5, 5.41) is 0. The van der Waals surface area contributed by atoms with Crippen LogP contribution in [0.2, 0.25) is 0 Å². The maximum atomic E-state index is 11.8. The highest BCUT2D eigenvalue weighted by atomic mass is 32.2. The second-order valence-electron chi connectivity index (χ2n) is 8.41. The Morgan fingerprint density at radius 3 is 1.59 bits per heavy atom. The summed E-state index contributed by atoms with van der Waals surface area (Å²) in [6.45, 7) is 3.38. The zero-order chi connectivity index (χ0) is 22.1. The smallest absolute Gasteiger partial charge is 0.264 e. The molecular weight excluding hydrogens is 414 g/mol. The topological polar surface area (TPSA) is 90.0 Å². The summed E-state index contributed by atoms with van der Waals surface area (Å²) in [5.74, 6) is 0. The predicted octanol–water partition coefficient (Wildman–Crippen LogP) is 2.73. The second-order valence-corrected chi connectivity index (χ2v) is 11.6. The normalized spacial score (nSPS) is 28.2. The van der Waals surface area contributed by atoms with Crippen LogP contribution in [0, 0.1) is 5.41 Å². The van der Waals surface area contributed by atoms with Gasteiger partial charge in [0.2, 0.25) is 0 Å². The van der Waals surface area contributed by atoms with Crippen LogP contribution in [0.1, 0.15) is 45.1 Å². The largest absolute Gasteiger partial charge is 0.300 e. The van der Waals surface area contributed by atoms with E-state index in [1.54, 1.807) is 13.8 Å². The molecule has 0 amide bonds. The molecule has 9 heteroatoms. The molecule has 0 radical (unpaired) electrons. The Bertz CT molecular complexity index is 846. The van der Waals surface area contributed by atoms with E-state index in [1.165, 1.54) is 5.56 Å². The Balaban J connectivity index is 2.42. The molecule has 1 fully saturated rings. The van der Waals surface area contributed by atoms with Crippen molar-refractivity contribution >= 4 is 20.2 Å². The number of hydrogen-bond acceptors (Lipinski definition) is 7. The molecule has 2 unspecified atom stereocenters. The van der Waals surface area contributed by atoms with Gasteiger partial charge >= 0.3 is 0 Å². The maximum Gasteiger partial charge on any atom is 0.264 e. The van der Waals surface area contributed by atoms with Crippen molar-refractivity contribution < 1.29 is 25.2 Å². The second kappa shape index (κ2) is 8.63. The molecule has 29 heavy (non-hydrogen) atoms. The summed E-state index contributed by atoms with van der Waals surface area (Å²) in [4.78, 5) is 2.19. The van der Waals surface area contributed by atoms with Crippen molar-refractivity contribution in [3.63, 3.8) is 0 Å². The van der Waals surface area contributed by atoms with Gasteiger partial charge in [0.05, 0.1) is 24.7 Å². The summed E-state index contributed by atoms with van der Waals surface area (Å²) in [5.41, 5.74) is 0.216. The van der Waals surface area contributed by atoms with Crippen LogP contribution in [-0.2, 0) is 34.1 Å². The number of rotatable bonds is 8. The molecule has 1 aromatic rings. The van der Waals surface area contributed by atoms with Crippen LogP contribution in [-0.4, -0.2) is 60.6 Å². The molecule has 0 aromatic heterocycles. The van der Waals surface area contributed by atoms with Crippen molar-refractivity contribution in [1.29, 1.82) is 0 Å². The molecule has 0 spiro atoms. The Hall–Kier alpha value is -1.00. The van der Waals surface area contributed by atoms with Crippen LogP contribution in [0.5, 0.6) is 0 Å². The molecule has 0 heterocycles. The fraction of sp³-hybridized carbons (Fsp3) is 0.700. The first-order chi connectivity index (χ1) is 13.2. The van der Waals surface area contributed by atoms with E-state index in [1.807, 2.05) is 32.3 Å². The molecule has 1 saturated carbocycles. The molecule has 1 aliphatic carbocycles. The van der Waals surface area contributed by atoms with Gasteiger partial charge in [-0.1, -0.05) is 30.3 Å². The van der Waals surface area contributed by atoms with E-state index in [-0.39, 0.29) is 5.54 Å². The van der Waals surface area contributed by atoms with Crippen molar-refractivity contribution in [1.82, 2.24) is 4.90 Å². The Labute approximate surface area is 175 Å². The van der Waals surface area contributed by atoms with Gasteiger partial charge in [0, 0.05) is 11.0 Å². The Morgan fingerprint density at radius 2 is 1.24 bits per heavy atom. The van der Waals surface area contributed by atoms with Crippen molar-refractivity contribution in [2.45, 2.75) is 57.3 Å². The van der Waals surface area contributed by atoms with Gasteiger partial charge in [-0.15, -0.1) is 0 Å². The first-order valence-electron chi connectivity index (χ1n) is 9.71. The fourth-order valence-corrected chi connectivity index (χ4v) is 6.16. The molecule has 1 aliphatic rings. The third kappa shape index (κ3) is 5.58. The van der Waals surface area contributed by atoms with Gasteiger partial charge in [-0.3, -0.25) is 13.3 Å². The van der Waals surface area contributed by atoms with Gasteiger partial charge in [-0.2, -0.15) is 16.8 Å². The minimum absolute atomic E-state index is 0.222. The Morgan fingerprint density at radius 1 is 0.828 bits per heavy atom. The molecule has 1 aromatic carbocycles. The van der Waals surface area contributed by atoms with Gasteiger partial charge in [0.15, 0.2) is 0 Å². The monoisotopic (exact) mass is 447 g/mol. The van der Waals surface area contributed by atoms with Crippen LogP contribution in [0.25, 0.3) is 0 Å². The van der Waals surface area contributed by atoms with E-state index < -0.39 is 37.9 Å². The molecule has 0 N–H and O–H groups in total. The highest BCUT2D eigenvalue weighted by Gasteiger charge is 2.52. The van der Waals surface area contributed by atoms with Crippen LogP contribution in [0.15, 0.2) is 30.3 Å². The summed E-state index contributed by atoms with van der Waals surface area (Å²) in [6.07, 6.45) is 3.15. The molecule has 0 bridgehead atoms. The van der Waals surface area contributed by atoms with E-state index in [4.69, 9.17) is 8.37 Å². The third-order valence-corrected chi connectivity index (χ3v) is 7.71. The minimum atomic E-state index is -3.70. The highest BCUT2D eigenvalue weighted by molar-refractivity contribution is 7.86. The molecule has 2 atom stereocenters. The quantitative estimate of drug-likeness (QED) is 0.566. The van der Waals surface area contributed by atoms with Crippen LogP contribution in [0.4, 0.5) is 0 Å².